The summed E-state index contributed by atoms with van der Waals surface area (Å²) in [6, 6.07) is 0. The molecule has 26 heavy (non-hydrogen) atoms. The number of unbranched alkanes of at least 4 members (excludes halogenated alkanes) is 5. The number of aliphatic hydroxyl groups is 2. The molecule has 1 rings (SSSR count). The first-order valence-corrected chi connectivity index (χ1v) is 10.4. The van der Waals surface area contributed by atoms with Gasteiger partial charge in [-0.2, -0.15) is 0 Å². The minimum absolute atomic E-state index is 0.0372. The number of carbonyl (C=O) groups is 2. The summed E-state index contributed by atoms with van der Waals surface area (Å²) >= 11 is 0. The van der Waals surface area contributed by atoms with Gasteiger partial charge in [-0.15, -0.1) is 0 Å². The van der Waals surface area contributed by atoms with Crippen LogP contribution in [0.3, 0.4) is 0 Å². The molecular formula is C21H38O5. The average molecular weight is 371 g/mol. The maximum atomic E-state index is 12.0. The fraction of sp³-hybridized carbons (Fsp3) is 0.905. The Morgan fingerprint density at radius 3 is 2.12 bits per heavy atom. The van der Waals surface area contributed by atoms with Gasteiger partial charge in [-0.3, -0.25) is 9.59 Å². The zero-order valence-electron chi connectivity index (χ0n) is 16.6. The minimum atomic E-state index is -0.488. The van der Waals surface area contributed by atoms with Crippen LogP contribution >= 0.6 is 0 Å². The highest BCUT2D eigenvalue weighted by Gasteiger charge is 2.40. The molecule has 0 aliphatic heterocycles. The highest BCUT2D eigenvalue weighted by molar-refractivity contribution is 5.78. The lowest BCUT2D eigenvalue weighted by molar-refractivity contribution is -0.140. The minimum Gasteiger partial charge on any atom is -0.469 e. The Balaban J connectivity index is 2.28. The van der Waals surface area contributed by atoms with E-state index in [0.29, 0.717) is 32.1 Å². The maximum Gasteiger partial charge on any atom is 0.305 e. The van der Waals surface area contributed by atoms with E-state index in [1.54, 1.807) is 0 Å². The molecule has 1 fully saturated rings. The lowest BCUT2D eigenvalue weighted by atomic mass is 9.84. The van der Waals surface area contributed by atoms with Gasteiger partial charge in [-0.25, -0.2) is 0 Å². The van der Waals surface area contributed by atoms with E-state index >= 15 is 0 Å². The first-order valence-electron chi connectivity index (χ1n) is 10.4. The fourth-order valence-corrected chi connectivity index (χ4v) is 4.11. The predicted molar refractivity (Wildman–Crippen MR) is 102 cm³/mol. The molecule has 5 nitrogen and oxygen atoms in total. The third-order valence-electron chi connectivity index (χ3n) is 5.73. The normalized spacial score (nSPS) is 25.4. The van der Waals surface area contributed by atoms with Crippen molar-refractivity contribution in [2.45, 2.75) is 103 Å². The SMILES string of the molecule is CCCCCC(=O)CC[C@H]1[C@@H](CCCCCCC(=O)OC)[C@H](O)C[C@@H]1O. The van der Waals surface area contributed by atoms with Gasteiger partial charge in [0.2, 0.25) is 0 Å². The highest BCUT2D eigenvalue weighted by atomic mass is 16.5. The van der Waals surface area contributed by atoms with Crippen LogP contribution in [0, 0.1) is 11.8 Å². The van der Waals surface area contributed by atoms with Crippen LogP contribution in [-0.4, -0.2) is 41.3 Å². The zero-order chi connectivity index (χ0) is 19.4. The van der Waals surface area contributed by atoms with Crippen LogP contribution in [0.25, 0.3) is 0 Å². The van der Waals surface area contributed by atoms with E-state index in [2.05, 4.69) is 11.7 Å². The van der Waals surface area contributed by atoms with Crippen molar-refractivity contribution in [2.75, 3.05) is 7.11 Å². The number of Topliss-reactive ketones (excluding diaryl/α,β-unsaturated/α-hetero) is 1. The summed E-state index contributed by atoms with van der Waals surface area (Å²) in [5, 5.41) is 20.5. The van der Waals surface area contributed by atoms with Crippen LogP contribution in [0.5, 0.6) is 0 Å². The average Bonchev–Trinajstić information content (AvgIpc) is 2.89. The maximum absolute atomic E-state index is 12.0. The van der Waals surface area contributed by atoms with Crippen molar-refractivity contribution in [1.29, 1.82) is 0 Å². The van der Waals surface area contributed by atoms with Gasteiger partial charge >= 0.3 is 5.97 Å². The molecule has 0 saturated heterocycles. The second-order valence-corrected chi connectivity index (χ2v) is 7.76. The first-order chi connectivity index (χ1) is 12.5. The Morgan fingerprint density at radius 1 is 0.846 bits per heavy atom. The fourth-order valence-electron chi connectivity index (χ4n) is 4.11. The molecule has 4 atom stereocenters. The Bertz CT molecular complexity index is 409. The number of hydrogen-bond acceptors (Lipinski definition) is 5. The Labute approximate surface area is 158 Å². The van der Waals surface area contributed by atoms with E-state index in [-0.39, 0.29) is 23.6 Å². The molecule has 0 heterocycles. The molecule has 0 aromatic heterocycles. The summed E-state index contributed by atoms with van der Waals surface area (Å²) in [6.45, 7) is 2.13. The van der Waals surface area contributed by atoms with Crippen molar-refractivity contribution in [1.82, 2.24) is 0 Å². The van der Waals surface area contributed by atoms with E-state index < -0.39 is 12.2 Å². The third kappa shape index (κ3) is 8.63. The quantitative estimate of drug-likeness (QED) is 0.359. The second kappa shape index (κ2) is 13.3. The van der Waals surface area contributed by atoms with Crippen molar-refractivity contribution in [3.63, 3.8) is 0 Å². The number of methoxy groups -OCH3 is 1. The van der Waals surface area contributed by atoms with Crippen molar-refractivity contribution >= 4 is 11.8 Å². The Morgan fingerprint density at radius 2 is 1.46 bits per heavy atom. The van der Waals surface area contributed by atoms with Crippen molar-refractivity contribution < 1.29 is 24.5 Å². The van der Waals surface area contributed by atoms with E-state index in [9.17, 15) is 19.8 Å². The van der Waals surface area contributed by atoms with Gasteiger partial charge in [0.25, 0.3) is 0 Å². The highest BCUT2D eigenvalue weighted by Crippen LogP contribution is 2.39. The molecule has 0 bridgehead atoms. The number of esters is 1. The summed E-state index contributed by atoms with van der Waals surface area (Å²) in [6.07, 6.45) is 9.65. The molecule has 0 radical (unpaired) electrons. The van der Waals surface area contributed by atoms with Crippen LogP contribution in [0.1, 0.15) is 90.4 Å². The van der Waals surface area contributed by atoms with Gasteiger partial charge in [0.15, 0.2) is 0 Å². The van der Waals surface area contributed by atoms with E-state index in [0.717, 1.165) is 51.4 Å². The molecule has 0 spiro atoms. The van der Waals surface area contributed by atoms with Crippen molar-refractivity contribution in [3.05, 3.63) is 0 Å². The van der Waals surface area contributed by atoms with E-state index in [1.807, 2.05) is 0 Å². The zero-order valence-corrected chi connectivity index (χ0v) is 16.6. The molecule has 0 aromatic rings. The van der Waals surface area contributed by atoms with Gasteiger partial charge in [0.05, 0.1) is 19.3 Å². The third-order valence-corrected chi connectivity index (χ3v) is 5.73. The smallest absolute Gasteiger partial charge is 0.305 e. The van der Waals surface area contributed by atoms with Crippen LogP contribution in [-0.2, 0) is 14.3 Å². The van der Waals surface area contributed by atoms with Gasteiger partial charge in [0.1, 0.15) is 5.78 Å². The molecule has 152 valence electrons. The molecule has 0 unspecified atom stereocenters. The largest absolute Gasteiger partial charge is 0.469 e. The molecular weight excluding hydrogens is 332 g/mol. The van der Waals surface area contributed by atoms with Crippen LogP contribution < -0.4 is 0 Å². The lowest BCUT2D eigenvalue weighted by Gasteiger charge is -2.23. The molecule has 1 saturated carbocycles. The van der Waals surface area contributed by atoms with E-state index in [4.69, 9.17) is 0 Å². The molecule has 0 aromatic carbocycles. The number of carbonyl (C=O) groups excluding carboxylic acids is 2. The van der Waals surface area contributed by atoms with Crippen LogP contribution in [0.2, 0.25) is 0 Å². The van der Waals surface area contributed by atoms with Crippen molar-refractivity contribution in [2.24, 2.45) is 11.8 Å². The summed E-state index contributed by atoms with van der Waals surface area (Å²) in [5.41, 5.74) is 0. The van der Waals surface area contributed by atoms with Gasteiger partial charge < -0.3 is 14.9 Å². The monoisotopic (exact) mass is 370 g/mol. The van der Waals surface area contributed by atoms with Crippen LogP contribution in [0.4, 0.5) is 0 Å². The first kappa shape index (κ1) is 23.1. The van der Waals surface area contributed by atoms with E-state index in [1.165, 1.54) is 7.11 Å². The number of ketones is 1. The van der Waals surface area contributed by atoms with Gasteiger partial charge in [-0.05, 0) is 43.9 Å². The van der Waals surface area contributed by atoms with Gasteiger partial charge in [-0.1, -0.05) is 39.0 Å². The number of rotatable bonds is 14. The van der Waals surface area contributed by atoms with Gasteiger partial charge in [0, 0.05) is 19.3 Å². The summed E-state index contributed by atoms with van der Waals surface area (Å²) in [7, 11) is 1.41. The lowest BCUT2D eigenvalue weighted by Crippen LogP contribution is -2.23. The molecule has 1 aliphatic carbocycles. The molecule has 1 aliphatic rings. The standard InChI is InChI=1S/C21H38O5/c1-3-4-7-10-16(22)13-14-18-17(19(23)15-20(18)24)11-8-5-6-9-12-21(25)26-2/h17-20,23-24H,3-15H2,1-2H3/t17-,18+,19-,20+/m1/s1. The summed E-state index contributed by atoms with van der Waals surface area (Å²) in [5.74, 6) is 0.251. The summed E-state index contributed by atoms with van der Waals surface area (Å²) in [4.78, 5) is 23.1. The topological polar surface area (TPSA) is 83.8 Å². The number of ether oxygens (including phenoxy) is 1. The van der Waals surface area contributed by atoms with Crippen molar-refractivity contribution in [3.8, 4) is 0 Å². The predicted octanol–water partition coefficient (Wildman–Crippen LogP) is 3.79. The number of hydrogen-bond donors (Lipinski definition) is 2. The molecule has 2 N–H and O–H groups in total. The Hall–Kier alpha value is -0.940. The Kier molecular flexibility index (Phi) is 11.8. The van der Waals surface area contributed by atoms with Crippen LogP contribution in [0.15, 0.2) is 0 Å². The summed E-state index contributed by atoms with van der Waals surface area (Å²) < 4.78 is 4.63. The number of aliphatic hydroxyl groups excluding tert-OH is 2. The second-order valence-electron chi connectivity index (χ2n) is 7.76. The molecule has 5 heteroatoms. The molecule has 0 amide bonds.